The monoisotopic (exact) mass is 649 g/mol. The number of nitrogens with zero attached hydrogens (tertiary/aromatic N) is 1. The Hall–Kier alpha value is -1.26. The molecule has 0 N–H and O–H groups in total. The molecule has 202 valence electrons. The molecule has 37 heavy (non-hydrogen) atoms. The van der Waals surface area contributed by atoms with Crippen molar-refractivity contribution in [1.82, 2.24) is 4.90 Å². The minimum Gasteiger partial charge on any atom is -0.295 e. The van der Waals surface area contributed by atoms with Gasteiger partial charge >= 0.3 is 12.4 Å². The van der Waals surface area contributed by atoms with Crippen LogP contribution < -0.4 is 0 Å². The van der Waals surface area contributed by atoms with E-state index in [-0.39, 0.29) is 51.8 Å². The van der Waals surface area contributed by atoms with Crippen LogP contribution >= 0.6 is 50.7 Å². The SMILES string of the molecule is O=C(CC1CCN(CC(F)(F)F)CC1)c1ccc(/C=C/C(c2cc(Cl)c(Cl)c(Cl)c2)C(F)(F)F)cc1Br. The van der Waals surface area contributed by atoms with Crippen LogP contribution in [0.3, 0.4) is 0 Å². The lowest BCUT2D eigenvalue weighted by Gasteiger charge is -2.32. The van der Waals surface area contributed by atoms with Crippen molar-refractivity contribution in [2.75, 3.05) is 19.6 Å². The van der Waals surface area contributed by atoms with Crippen molar-refractivity contribution in [3.8, 4) is 0 Å². The number of alkyl halides is 6. The smallest absolute Gasteiger partial charge is 0.295 e. The minimum absolute atomic E-state index is 0.0333. The van der Waals surface area contributed by atoms with Crippen LogP contribution in [0.2, 0.25) is 15.1 Å². The molecule has 1 unspecified atom stereocenters. The van der Waals surface area contributed by atoms with E-state index in [1.807, 2.05) is 0 Å². The molecule has 0 spiro atoms. The number of ketones is 1. The fraction of sp³-hybridized carbons (Fsp3) is 0.400. The molecule has 2 nitrogen and oxygen atoms in total. The van der Waals surface area contributed by atoms with Crippen molar-refractivity contribution in [3.63, 3.8) is 0 Å². The highest BCUT2D eigenvalue weighted by atomic mass is 79.9. The number of carbonyl (C=O) groups excluding carboxylic acids is 1. The molecule has 1 saturated heterocycles. The standard InChI is InChI=1S/C25H21BrCl3F6NO/c26-19-9-14(2-4-18(25(33,34)35)16-11-20(27)23(29)21(28)12-16)1-3-17(19)22(37)10-15-5-7-36(8-6-15)13-24(30,31)32/h1-4,9,11-12,15,18H,5-8,10,13H2/b4-2+. The molecule has 0 saturated carbocycles. The summed E-state index contributed by atoms with van der Waals surface area (Å²) in [5.41, 5.74) is 0.609. The topological polar surface area (TPSA) is 20.3 Å². The first kappa shape index (κ1) is 30.3. The second kappa shape index (κ2) is 12.3. The summed E-state index contributed by atoms with van der Waals surface area (Å²) in [7, 11) is 0. The third-order valence-electron chi connectivity index (χ3n) is 6.08. The van der Waals surface area contributed by atoms with Gasteiger partial charge in [-0.15, -0.1) is 0 Å². The van der Waals surface area contributed by atoms with E-state index < -0.39 is 24.8 Å². The van der Waals surface area contributed by atoms with E-state index in [1.165, 1.54) is 29.2 Å². The number of halogens is 10. The van der Waals surface area contributed by atoms with Crippen molar-refractivity contribution in [2.24, 2.45) is 5.92 Å². The van der Waals surface area contributed by atoms with Gasteiger partial charge in [0, 0.05) is 16.5 Å². The molecular weight excluding hydrogens is 631 g/mol. The van der Waals surface area contributed by atoms with Crippen LogP contribution in [-0.2, 0) is 0 Å². The quantitative estimate of drug-likeness (QED) is 0.169. The Kier molecular flexibility index (Phi) is 10.1. The summed E-state index contributed by atoms with van der Waals surface area (Å²) in [6, 6.07) is 6.80. The molecule has 12 heteroatoms. The van der Waals surface area contributed by atoms with Gasteiger partial charge in [0.05, 0.1) is 27.5 Å². The maximum atomic E-state index is 13.8. The fourth-order valence-electron chi connectivity index (χ4n) is 4.21. The Labute approximate surface area is 233 Å². The maximum absolute atomic E-state index is 13.8. The van der Waals surface area contributed by atoms with Gasteiger partial charge in [-0.1, -0.05) is 69.0 Å². The normalized spacial score (nSPS) is 16.9. The van der Waals surface area contributed by atoms with Gasteiger partial charge in [-0.05, 0) is 67.2 Å². The van der Waals surface area contributed by atoms with Gasteiger partial charge < -0.3 is 0 Å². The van der Waals surface area contributed by atoms with Crippen LogP contribution in [0.15, 0.2) is 40.9 Å². The Bertz CT molecular complexity index is 1140. The predicted octanol–water partition coefficient (Wildman–Crippen LogP) is 9.62. The van der Waals surface area contributed by atoms with Gasteiger partial charge in [0.1, 0.15) is 0 Å². The number of carbonyl (C=O) groups is 1. The Morgan fingerprint density at radius 2 is 1.62 bits per heavy atom. The van der Waals surface area contributed by atoms with Gasteiger partial charge in [0.15, 0.2) is 5.78 Å². The summed E-state index contributed by atoms with van der Waals surface area (Å²) in [4.78, 5) is 14.1. The van der Waals surface area contributed by atoms with Crippen LogP contribution in [0.25, 0.3) is 6.08 Å². The largest absolute Gasteiger partial charge is 0.401 e. The molecule has 1 atom stereocenters. The zero-order valence-electron chi connectivity index (χ0n) is 19.1. The number of Topliss-reactive ketones (excluding diaryl/α,β-unsaturated/α-hetero) is 1. The van der Waals surface area contributed by atoms with E-state index in [9.17, 15) is 31.1 Å². The number of likely N-dealkylation sites (tertiary alicyclic amines) is 1. The average molecular weight is 652 g/mol. The van der Waals surface area contributed by atoms with E-state index in [0.717, 1.165) is 18.2 Å². The molecule has 0 aromatic heterocycles. The molecule has 0 aliphatic carbocycles. The Balaban J connectivity index is 1.69. The minimum atomic E-state index is -4.63. The third kappa shape index (κ3) is 8.62. The summed E-state index contributed by atoms with van der Waals surface area (Å²) >= 11 is 21.0. The summed E-state index contributed by atoms with van der Waals surface area (Å²) in [6.07, 6.45) is -5.48. The highest BCUT2D eigenvalue weighted by Crippen LogP contribution is 2.41. The number of hydrogen-bond acceptors (Lipinski definition) is 2. The molecule has 0 bridgehead atoms. The predicted molar refractivity (Wildman–Crippen MR) is 138 cm³/mol. The first-order valence-electron chi connectivity index (χ1n) is 11.1. The molecule has 0 radical (unpaired) electrons. The van der Waals surface area contributed by atoms with Crippen molar-refractivity contribution in [2.45, 2.75) is 37.5 Å². The van der Waals surface area contributed by atoms with Crippen molar-refractivity contribution < 1.29 is 31.1 Å². The van der Waals surface area contributed by atoms with Crippen molar-refractivity contribution in [3.05, 3.63) is 72.6 Å². The molecular formula is C25H21BrCl3F6NO. The van der Waals surface area contributed by atoms with E-state index in [1.54, 1.807) is 0 Å². The number of benzene rings is 2. The zero-order valence-corrected chi connectivity index (χ0v) is 22.9. The molecule has 3 rings (SSSR count). The summed E-state index contributed by atoms with van der Waals surface area (Å²) in [5, 5.41) is -0.222. The second-order valence-electron chi connectivity index (χ2n) is 8.88. The molecule has 1 aliphatic rings. The average Bonchev–Trinajstić information content (AvgIpc) is 2.77. The van der Waals surface area contributed by atoms with Crippen LogP contribution in [-0.4, -0.2) is 42.7 Å². The molecule has 1 heterocycles. The lowest BCUT2D eigenvalue weighted by molar-refractivity contribution is -0.148. The van der Waals surface area contributed by atoms with Crippen LogP contribution in [0, 0.1) is 5.92 Å². The molecule has 2 aromatic carbocycles. The second-order valence-corrected chi connectivity index (χ2v) is 10.9. The van der Waals surface area contributed by atoms with Crippen molar-refractivity contribution >= 4 is 62.6 Å². The van der Waals surface area contributed by atoms with Gasteiger partial charge in [-0.3, -0.25) is 9.69 Å². The van der Waals surface area contributed by atoms with E-state index in [4.69, 9.17) is 34.8 Å². The van der Waals surface area contributed by atoms with Crippen LogP contribution in [0.1, 0.15) is 46.7 Å². The first-order chi connectivity index (χ1) is 17.1. The van der Waals surface area contributed by atoms with Crippen molar-refractivity contribution in [1.29, 1.82) is 0 Å². The number of allylic oxidation sites excluding steroid dienone is 1. The van der Waals surface area contributed by atoms with E-state index in [0.29, 0.717) is 28.4 Å². The molecule has 1 aliphatic heterocycles. The highest BCUT2D eigenvalue weighted by Gasteiger charge is 2.39. The summed E-state index contributed by atoms with van der Waals surface area (Å²) in [5.74, 6) is -2.22. The number of rotatable bonds is 7. The first-order valence-corrected chi connectivity index (χ1v) is 13.1. The lowest BCUT2D eigenvalue weighted by Crippen LogP contribution is -2.40. The van der Waals surface area contributed by atoms with Crippen LogP contribution in [0.5, 0.6) is 0 Å². The van der Waals surface area contributed by atoms with Gasteiger partial charge in [0.2, 0.25) is 0 Å². The van der Waals surface area contributed by atoms with Gasteiger partial charge in [-0.25, -0.2) is 0 Å². The summed E-state index contributed by atoms with van der Waals surface area (Å²) < 4.78 is 79.4. The van der Waals surface area contributed by atoms with E-state index >= 15 is 0 Å². The fourth-order valence-corrected chi connectivity index (χ4v) is 5.44. The number of piperidine rings is 1. The van der Waals surface area contributed by atoms with Crippen LogP contribution in [0.4, 0.5) is 26.3 Å². The lowest BCUT2D eigenvalue weighted by atomic mass is 9.89. The zero-order chi connectivity index (χ0) is 27.5. The van der Waals surface area contributed by atoms with Gasteiger partial charge in [0.25, 0.3) is 0 Å². The molecule has 1 fully saturated rings. The molecule has 0 amide bonds. The Morgan fingerprint density at radius 3 is 2.14 bits per heavy atom. The van der Waals surface area contributed by atoms with Gasteiger partial charge in [-0.2, -0.15) is 26.3 Å². The highest BCUT2D eigenvalue weighted by molar-refractivity contribution is 9.10. The summed E-state index contributed by atoms with van der Waals surface area (Å²) in [6.45, 7) is -0.416. The Morgan fingerprint density at radius 1 is 1.03 bits per heavy atom. The maximum Gasteiger partial charge on any atom is 0.401 e. The van der Waals surface area contributed by atoms with E-state index in [2.05, 4.69) is 15.9 Å². The third-order valence-corrected chi connectivity index (χ3v) is 7.93. The molecule has 2 aromatic rings. The number of hydrogen-bond donors (Lipinski definition) is 0.